The maximum Gasteiger partial charge on any atom is -0.00128 e. The average molecular weight is 505 g/mol. The van der Waals surface area contributed by atoms with Crippen LogP contribution in [0, 0.1) is 0 Å². The molecule has 3 aliphatic carbocycles. The Balaban J connectivity index is 1.19. The minimum atomic E-state index is 1.02. The van der Waals surface area contributed by atoms with Crippen LogP contribution in [0.5, 0.6) is 0 Å². The predicted molar refractivity (Wildman–Crippen MR) is 170 cm³/mol. The van der Waals surface area contributed by atoms with Crippen molar-refractivity contribution in [2.75, 3.05) is 0 Å². The molecule has 8 aromatic carbocycles. The summed E-state index contributed by atoms with van der Waals surface area (Å²) in [4.78, 5) is 0. The van der Waals surface area contributed by atoms with Gasteiger partial charge in [-0.15, -0.1) is 0 Å². The molecule has 0 atom stereocenters. The minimum Gasteiger partial charge on any atom is -0.0763 e. The van der Waals surface area contributed by atoms with Gasteiger partial charge in [0.25, 0.3) is 0 Å². The molecule has 184 valence electrons. The molecule has 0 radical (unpaired) electrons. The van der Waals surface area contributed by atoms with Crippen LogP contribution in [-0.2, 0) is 19.3 Å². The Morgan fingerprint density at radius 1 is 0.425 bits per heavy atom. The molecule has 0 bridgehead atoms. The summed E-state index contributed by atoms with van der Waals surface area (Å²) in [5.41, 5.74) is 13.3. The molecule has 3 aliphatic rings. The third-order valence-corrected chi connectivity index (χ3v) is 10.4. The third-order valence-electron chi connectivity index (χ3n) is 10.4. The first-order chi connectivity index (χ1) is 19.8. The van der Waals surface area contributed by atoms with Crippen molar-refractivity contribution in [2.45, 2.75) is 25.7 Å². The van der Waals surface area contributed by atoms with E-state index < -0.39 is 0 Å². The molecule has 40 heavy (non-hydrogen) atoms. The van der Waals surface area contributed by atoms with E-state index in [0.717, 1.165) is 25.7 Å². The highest BCUT2D eigenvalue weighted by molar-refractivity contribution is 6.26. The lowest BCUT2D eigenvalue weighted by molar-refractivity contribution is 1.04. The first-order valence-electron chi connectivity index (χ1n) is 14.7. The molecule has 0 saturated heterocycles. The van der Waals surface area contributed by atoms with E-state index in [1.807, 2.05) is 0 Å². The summed E-state index contributed by atoms with van der Waals surface area (Å²) >= 11 is 0. The van der Waals surface area contributed by atoms with Gasteiger partial charge in [-0.3, -0.25) is 0 Å². The number of aryl methyl sites for hydroxylation is 1. The average Bonchev–Trinajstić information content (AvgIpc) is 3.53. The third kappa shape index (κ3) is 2.29. The zero-order valence-corrected chi connectivity index (χ0v) is 22.1. The molecule has 0 saturated carbocycles. The smallest absolute Gasteiger partial charge is 0.00128 e. The summed E-state index contributed by atoms with van der Waals surface area (Å²) in [6.07, 6.45) is 6.78. The second kappa shape index (κ2) is 6.72. The van der Waals surface area contributed by atoms with Gasteiger partial charge in [-0.05, 0) is 147 Å². The van der Waals surface area contributed by atoms with E-state index in [9.17, 15) is 0 Å². The van der Waals surface area contributed by atoms with E-state index in [4.69, 9.17) is 0 Å². The largest absolute Gasteiger partial charge is 0.0763 e. The van der Waals surface area contributed by atoms with Crippen molar-refractivity contribution >= 4 is 59.9 Å². The highest BCUT2D eigenvalue weighted by atomic mass is 14.3. The van der Waals surface area contributed by atoms with Crippen molar-refractivity contribution in [3.05, 3.63) is 124 Å². The van der Waals surface area contributed by atoms with Gasteiger partial charge >= 0.3 is 0 Å². The SMILES string of the molecule is C1=c2ccc3cc4c(c5ccc(c2c35)CC1)-c1cc2c(cc1C4)-c1c(cc3ccc4cccc5ccc1c3c45)C2. The number of hydrogen-bond acceptors (Lipinski definition) is 0. The number of rotatable bonds is 0. The Morgan fingerprint density at radius 3 is 1.75 bits per heavy atom. The highest BCUT2D eigenvalue weighted by Crippen LogP contribution is 2.51. The standard InChI is InChI=1S/C40H24/c1-3-21-7-9-25-15-29-17-27-20-34-28(19-33(27)37(29)31-13-11-23(5-1)35(21)39(25)31)18-30-16-26-10-8-22-4-2-6-24-12-14-32(38(30)34)40(26)36(22)24/h1,3-5,7-16,19-20H,2,6,17-18H2. The lowest BCUT2D eigenvalue weighted by atomic mass is 9.86. The molecule has 8 aromatic rings. The fourth-order valence-corrected chi connectivity index (χ4v) is 8.79. The van der Waals surface area contributed by atoms with Crippen LogP contribution in [0.2, 0.25) is 0 Å². The molecule has 0 N–H and O–H groups in total. The number of fused-ring (bicyclic) bond motifs is 8. The van der Waals surface area contributed by atoms with Gasteiger partial charge in [0, 0.05) is 0 Å². The van der Waals surface area contributed by atoms with Gasteiger partial charge in [0.15, 0.2) is 0 Å². The highest BCUT2D eigenvalue weighted by Gasteiger charge is 2.29. The van der Waals surface area contributed by atoms with Gasteiger partial charge in [0.1, 0.15) is 0 Å². The summed E-state index contributed by atoms with van der Waals surface area (Å²) < 4.78 is 0. The Morgan fingerprint density at radius 2 is 1.02 bits per heavy atom. The maximum atomic E-state index is 2.56. The van der Waals surface area contributed by atoms with Crippen molar-refractivity contribution in [2.24, 2.45) is 0 Å². The normalized spacial score (nSPS) is 14.8. The van der Waals surface area contributed by atoms with Gasteiger partial charge in [-0.2, -0.15) is 0 Å². The second-order valence-corrected chi connectivity index (χ2v) is 12.3. The lowest BCUT2D eigenvalue weighted by Gasteiger charge is -2.17. The molecule has 0 aliphatic heterocycles. The Kier molecular flexibility index (Phi) is 3.40. The molecule has 0 heterocycles. The minimum absolute atomic E-state index is 1.02. The Labute approximate surface area is 231 Å². The van der Waals surface area contributed by atoms with Crippen molar-refractivity contribution in [1.82, 2.24) is 0 Å². The van der Waals surface area contributed by atoms with Crippen LogP contribution in [0.4, 0.5) is 0 Å². The first-order valence-corrected chi connectivity index (χ1v) is 14.7. The zero-order chi connectivity index (χ0) is 25.7. The van der Waals surface area contributed by atoms with Crippen molar-refractivity contribution in [1.29, 1.82) is 0 Å². The van der Waals surface area contributed by atoms with E-state index in [1.54, 1.807) is 0 Å². The number of benzene rings is 8. The van der Waals surface area contributed by atoms with Crippen LogP contribution in [0.15, 0.2) is 91.0 Å². The molecule has 0 nitrogen and oxygen atoms in total. The molecular formula is C40H24. The van der Waals surface area contributed by atoms with E-state index in [0.29, 0.717) is 0 Å². The molecule has 0 aromatic heterocycles. The molecular weight excluding hydrogens is 480 g/mol. The van der Waals surface area contributed by atoms with Crippen LogP contribution >= 0.6 is 0 Å². The summed E-state index contributed by atoms with van der Waals surface area (Å²) in [7, 11) is 0. The van der Waals surface area contributed by atoms with Gasteiger partial charge in [-0.25, -0.2) is 0 Å². The fraction of sp³-hybridized carbons (Fsp3) is 0.100. The quantitative estimate of drug-likeness (QED) is 0.180. The summed E-state index contributed by atoms with van der Waals surface area (Å²) in [5.74, 6) is 0. The molecule has 0 unspecified atom stereocenters. The van der Waals surface area contributed by atoms with Crippen LogP contribution < -0.4 is 5.22 Å². The van der Waals surface area contributed by atoms with Crippen LogP contribution in [0.25, 0.3) is 82.2 Å². The summed E-state index contributed by atoms with van der Waals surface area (Å²) in [6, 6.07) is 35.7. The lowest BCUT2D eigenvalue weighted by Crippen LogP contribution is -2.10. The summed E-state index contributed by atoms with van der Waals surface area (Å²) in [6.45, 7) is 0. The van der Waals surface area contributed by atoms with Crippen LogP contribution in [-0.4, -0.2) is 0 Å². The number of hydrogen-bond donors (Lipinski definition) is 0. The fourth-order valence-electron chi connectivity index (χ4n) is 8.79. The van der Waals surface area contributed by atoms with Crippen LogP contribution in [0.1, 0.15) is 34.2 Å². The van der Waals surface area contributed by atoms with Crippen molar-refractivity contribution in [3.63, 3.8) is 0 Å². The predicted octanol–water partition coefficient (Wildman–Crippen LogP) is 9.48. The second-order valence-electron chi connectivity index (χ2n) is 12.3. The summed E-state index contributed by atoms with van der Waals surface area (Å²) in [5, 5.41) is 15.6. The van der Waals surface area contributed by atoms with Crippen molar-refractivity contribution < 1.29 is 0 Å². The van der Waals surface area contributed by atoms with E-state index in [-0.39, 0.29) is 0 Å². The monoisotopic (exact) mass is 504 g/mol. The first kappa shape index (κ1) is 20.3. The van der Waals surface area contributed by atoms with Gasteiger partial charge in [0.05, 0.1) is 0 Å². The molecule has 0 amide bonds. The van der Waals surface area contributed by atoms with Crippen molar-refractivity contribution in [3.8, 4) is 22.3 Å². The van der Waals surface area contributed by atoms with Crippen LogP contribution in [0.3, 0.4) is 0 Å². The van der Waals surface area contributed by atoms with E-state index >= 15 is 0 Å². The van der Waals surface area contributed by atoms with Gasteiger partial charge in [-0.1, -0.05) is 84.9 Å². The zero-order valence-electron chi connectivity index (χ0n) is 22.1. The van der Waals surface area contributed by atoms with Gasteiger partial charge in [0.2, 0.25) is 0 Å². The van der Waals surface area contributed by atoms with E-state index in [1.165, 1.54) is 109 Å². The molecule has 0 heteroatoms. The Hall–Kier alpha value is -4.68. The molecule has 11 rings (SSSR count). The molecule has 0 spiro atoms. The Bertz CT molecular complexity index is 2510. The molecule has 0 fully saturated rings. The topological polar surface area (TPSA) is 0 Å². The maximum absolute atomic E-state index is 2.56. The van der Waals surface area contributed by atoms with Gasteiger partial charge < -0.3 is 0 Å². The van der Waals surface area contributed by atoms with E-state index in [2.05, 4.69) is 97.1 Å².